The van der Waals surface area contributed by atoms with Gasteiger partial charge in [-0.15, -0.1) is 0 Å². The molecule has 94 valence electrons. The molecule has 2 unspecified atom stereocenters. The van der Waals surface area contributed by atoms with Gasteiger partial charge in [-0.3, -0.25) is 10.1 Å². The molecule has 2 rings (SSSR count). The van der Waals surface area contributed by atoms with Gasteiger partial charge in [-0.1, -0.05) is 19.9 Å². The molecular weight excluding hydrogens is 216 g/mol. The number of hydrogen-bond acceptors (Lipinski definition) is 3. The summed E-state index contributed by atoms with van der Waals surface area (Å²) in [7, 11) is 0. The molecule has 17 heavy (non-hydrogen) atoms. The number of hydrogen-bond donors (Lipinski definition) is 0. The van der Waals surface area contributed by atoms with Crippen LogP contribution in [0.3, 0.4) is 0 Å². The summed E-state index contributed by atoms with van der Waals surface area (Å²) in [6, 6.07) is 0. The van der Waals surface area contributed by atoms with E-state index in [0.717, 1.165) is 25.2 Å². The van der Waals surface area contributed by atoms with E-state index in [4.69, 9.17) is 0 Å². The number of rotatable bonds is 2. The fraction of sp³-hybridized carbons (Fsp3) is 0.692. The van der Waals surface area contributed by atoms with Crippen molar-refractivity contribution < 1.29 is 4.92 Å². The van der Waals surface area contributed by atoms with Crippen LogP contribution < -0.4 is 0 Å². The van der Waals surface area contributed by atoms with Crippen molar-refractivity contribution >= 4 is 0 Å². The van der Waals surface area contributed by atoms with Crippen LogP contribution >= 0.6 is 0 Å². The molecule has 1 saturated heterocycles. The number of piperidine rings is 1. The average molecular weight is 236 g/mol. The lowest BCUT2D eigenvalue weighted by Crippen LogP contribution is -2.38. The zero-order valence-electron chi connectivity index (χ0n) is 10.6. The normalized spacial score (nSPS) is 29.6. The first-order valence-electron chi connectivity index (χ1n) is 6.36. The first-order valence-corrected chi connectivity index (χ1v) is 6.36. The zero-order valence-corrected chi connectivity index (χ0v) is 10.6. The highest BCUT2D eigenvalue weighted by molar-refractivity contribution is 5.24. The van der Waals surface area contributed by atoms with Crippen molar-refractivity contribution in [2.45, 2.75) is 33.1 Å². The Labute approximate surface area is 102 Å². The third kappa shape index (κ3) is 2.87. The highest BCUT2D eigenvalue weighted by atomic mass is 16.6. The van der Waals surface area contributed by atoms with E-state index >= 15 is 0 Å². The lowest BCUT2D eigenvalue weighted by atomic mass is 9.91. The van der Waals surface area contributed by atoms with Crippen molar-refractivity contribution in [3.63, 3.8) is 0 Å². The topological polar surface area (TPSA) is 46.4 Å². The van der Waals surface area contributed by atoms with Gasteiger partial charge in [0.05, 0.1) is 4.92 Å². The molecule has 2 aliphatic rings. The molecule has 0 spiro atoms. The fourth-order valence-corrected chi connectivity index (χ4v) is 2.91. The van der Waals surface area contributed by atoms with Crippen molar-refractivity contribution in [3.05, 3.63) is 33.7 Å². The molecule has 1 aliphatic carbocycles. The average Bonchev–Trinajstić information content (AvgIpc) is 2.28. The second-order valence-corrected chi connectivity index (χ2v) is 5.41. The SMILES string of the molecule is CC1CC(C)CN(C2=CCCC([N+](=O)[O-])=C2)C1. The smallest absolute Gasteiger partial charge is 0.248 e. The van der Waals surface area contributed by atoms with Gasteiger partial charge in [-0.25, -0.2) is 0 Å². The largest absolute Gasteiger partial charge is 0.371 e. The summed E-state index contributed by atoms with van der Waals surface area (Å²) >= 11 is 0. The Hall–Kier alpha value is -1.32. The lowest BCUT2D eigenvalue weighted by molar-refractivity contribution is -0.428. The maximum absolute atomic E-state index is 10.8. The molecule has 1 fully saturated rings. The highest BCUT2D eigenvalue weighted by Crippen LogP contribution is 2.27. The molecule has 4 heteroatoms. The van der Waals surface area contributed by atoms with Crippen LogP contribution in [0.1, 0.15) is 33.1 Å². The molecule has 0 radical (unpaired) electrons. The summed E-state index contributed by atoms with van der Waals surface area (Å²) in [4.78, 5) is 12.9. The van der Waals surface area contributed by atoms with Gasteiger partial charge in [-0.05, 0) is 24.7 Å². The Morgan fingerprint density at radius 2 is 2.00 bits per heavy atom. The lowest BCUT2D eigenvalue weighted by Gasteiger charge is -2.37. The second-order valence-electron chi connectivity index (χ2n) is 5.41. The summed E-state index contributed by atoms with van der Waals surface area (Å²) in [5, 5.41) is 10.8. The summed E-state index contributed by atoms with van der Waals surface area (Å²) in [5.74, 6) is 1.35. The van der Waals surface area contributed by atoms with E-state index in [0.29, 0.717) is 24.0 Å². The van der Waals surface area contributed by atoms with Gasteiger partial charge < -0.3 is 4.90 Å². The van der Waals surface area contributed by atoms with E-state index in [1.165, 1.54) is 6.42 Å². The molecule has 0 saturated carbocycles. The molecule has 0 N–H and O–H groups in total. The molecule has 1 aliphatic heterocycles. The molecular formula is C13H20N2O2. The van der Waals surface area contributed by atoms with E-state index < -0.39 is 0 Å². The first-order chi connectivity index (χ1) is 8.06. The van der Waals surface area contributed by atoms with Crippen LogP contribution in [-0.2, 0) is 0 Å². The van der Waals surface area contributed by atoms with Gasteiger partial charge in [-0.2, -0.15) is 0 Å². The standard InChI is InChI=1S/C13H20N2O2/c1-10-6-11(2)9-14(8-10)12-4-3-5-13(7-12)15(16)17/h4,7,10-11H,3,5-6,8-9H2,1-2H3. The van der Waals surface area contributed by atoms with Crippen LogP contribution in [0, 0.1) is 22.0 Å². The van der Waals surface area contributed by atoms with Crippen molar-refractivity contribution in [1.29, 1.82) is 0 Å². The molecule has 0 aromatic rings. The molecule has 0 aromatic carbocycles. The van der Waals surface area contributed by atoms with E-state index in [1.807, 2.05) is 0 Å². The zero-order chi connectivity index (χ0) is 12.4. The molecule has 2 atom stereocenters. The van der Waals surface area contributed by atoms with E-state index in [2.05, 4.69) is 24.8 Å². The van der Waals surface area contributed by atoms with Gasteiger partial charge in [0, 0.05) is 31.3 Å². The minimum atomic E-state index is -0.246. The van der Waals surface area contributed by atoms with Gasteiger partial charge in [0.25, 0.3) is 0 Å². The van der Waals surface area contributed by atoms with Gasteiger partial charge in [0.15, 0.2) is 0 Å². The Balaban J connectivity index is 2.12. The van der Waals surface area contributed by atoms with Crippen LogP contribution in [0.25, 0.3) is 0 Å². The van der Waals surface area contributed by atoms with Crippen LogP contribution in [0.2, 0.25) is 0 Å². The summed E-state index contributed by atoms with van der Waals surface area (Å²) in [5.41, 5.74) is 1.41. The molecule has 4 nitrogen and oxygen atoms in total. The van der Waals surface area contributed by atoms with Crippen LogP contribution in [0.15, 0.2) is 23.5 Å². The molecule has 0 bridgehead atoms. The van der Waals surface area contributed by atoms with E-state index in [1.54, 1.807) is 6.08 Å². The predicted octanol–water partition coefficient (Wildman–Crippen LogP) is 2.80. The quantitative estimate of drug-likeness (QED) is 0.547. The Bertz CT molecular complexity index is 364. The minimum Gasteiger partial charge on any atom is -0.371 e. The number of allylic oxidation sites excluding steroid dienone is 3. The third-order valence-corrected chi connectivity index (χ3v) is 3.54. The highest BCUT2D eigenvalue weighted by Gasteiger charge is 2.25. The van der Waals surface area contributed by atoms with Crippen molar-refractivity contribution in [1.82, 2.24) is 4.90 Å². The fourth-order valence-electron chi connectivity index (χ4n) is 2.91. The Kier molecular flexibility index (Phi) is 3.50. The predicted molar refractivity (Wildman–Crippen MR) is 66.9 cm³/mol. The maximum atomic E-state index is 10.8. The second kappa shape index (κ2) is 4.90. The van der Waals surface area contributed by atoms with Crippen LogP contribution in [0.5, 0.6) is 0 Å². The van der Waals surface area contributed by atoms with Crippen molar-refractivity contribution in [2.24, 2.45) is 11.8 Å². The van der Waals surface area contributed by atoms with Gasteiger partial charge >= 0.3 is 0 Å². The van der Waals surface area contributed by atoms with Crippen LogP contribution in [-0.4, -0.2) is 22.9 Å². The molecule has 1 heterocycles. The monoisotopic (exact) mass is 236 g/mol. The Morgan fingerprint density at radius 1 is 1.35 bits per heavy atom. The summed E-state index contributed by atoms with van der Waals surface area (Å²) in [6.45, 7) is 6.56. The molecule has 0 amide bonds. The number of likely N-dealkylation sites (tertiary alicyclic amines) is 1. The van der Waals surface area contributed by atoms with Crippen molar-refractivity contribution in [2.75, 3.05) is 13.1 Å². The summed E-state index contributed by atoms with van der Waals surface area (Å²) in [6.07, 6.45) is 6.51. The van der Waals surface area contributed by atoms with Gasteiger partial charge in [0.1, 0.15) is 0 Å². The summed E-state index contributed by atoms with van der Waals surface area (Å²) < 4.78 is 0. The number of nitro groups is 1. The Morgan fingerprint density at radius 3 is 2.59 bits per heavy atom. The van der Waals surface area contributed by atoms with E-state index in [-0.39, 0.29) is 4.92 Å². The maximum Gasteiger partial charge on any atom is 0.248 e. The third-order valence-electron chi connectivity index (χ3n) is 3.54. The first kappa shape index (κ1) is 12.1. The molecule has 0 aromatic heterocycles. The van der Waals surface area contributed by atoms with E-state index in [9.17, 15) is 10.1 Å². The van der Waals surface area contributed by atoms with Crippen LogP contribution in [0.4, 0.5) is 0 Å². The number of nitrogens with zero attached hydrogens (tertiary/aromatic N) is 2. The minimum absolute atomic E-state index is 0.246. The van der Waals surface area contributed by atoms with Crippen molar-refractivity contribution in [3.8, 4) is 0 Å². The van der Waals surface area contributed by atoms with Gasteiger partial charge in [0.2, 0.25) is 5.70 Å².